The molecule has 3 aliphatic heterocycles. The fraction of sp³-hybridized carbons (Fsp3) is 0.727. The first kappa shape index (κ1) is 13.4. The van der Waals surface area contributed by atoms with Crippen molar-refractivity contribution >= 4 is 18.6 Å². The number of hydrogen-bond donors (Lipinski definition) is 2. The van der Waals surface area contributed by atoms with Crippen LogP contribution in [0.1, 0.15) is 0 Å². The average molecular weight is 286 g/mol. The van der Waals surface area contributed by atoms with Gasteiger partial charge in [-0.2, -0.15) is 0 Å². The second-order valence-electron chi connectivity index (χ2n) is 4.69. The SMILES string of the molecule is COC1=NC=NC2C1N=CN2C1OC(CO)C(O)C1F. The van der Waals surface area contributed by atoms with E-state index in [1.165, 1.54) is 24.7 Å². The first-order chi connectivity index (χ1) is 9.67. The van der Waals surface area contributed by atoms with E-state index < -0.39 is 43.4 Å². The molecule has 3 aliphatic rings. The summed E-state index contributed by atoms with van der Waals surface area (Å²) in [6.07, 6.45) is -2.81. The Morgan fingerprint density at radius 3 is 2.95 bits per heavy atom. The summed E-state index contributed by atoms with van der Waals surface area (Å²) in [7, 11) is 1.48. The van der Waals surface area contributed by atoms with Crippen molar-refractivity contribution in [3.8, 4) is 0 Å². The number of aliphatic imine (C=N–C) groups is 3. The lowest BCUT2D eigenvalue weighted by Crippen LogP contribution is -2.49. The molecule has 6 atom stereocenters. The average Bonchev–Trinajstić information content (AvgIpc) is 3.01. The van der Waals surface area contributed by atoms with E-state index >= 15 is 0 Å². The van der Waals surface area contributed by atoms with Crippen molar-refractivity contribution in [2.24, 2.45) is 15.0 Å². The number of fused-ring (bicyclic) bond motifs is 1. The predicted molar refractivity (Wildman–Crippen MR) is 67.5 cm³/mol. The molecule has 3 rings (SSSR count). The zero-order chi connectivity index (χ0) is 14.3. The van der Waals surface area contributed by atoms with Gasteiger partial charge >= 0.3 is 0 Å². The number of nitrogens with zero attached hydrogens (tertiary/aromatic N) is 4. The van der Waals surface area contributed by atoms with Gasteiger partial charge in [-0.05, 0) is 0 Å². The molecule has 8 nitrogen and oxygen atoms in total. The van der Waals surface area contributed by atoms with E-state index in [9.17, 15) is 9.50 Å². The largest absolute Gasteiger partial charge is 0.482 e. The van der Waals surface area contributed by atoms with Gasteiger partial charge in [-0.15, -0.1) is 0 Å². The van der Waals surface area contributed by atoms with Gasteiger partial charge in [0.25, 0.3) is 0 Å². The molecule has 0 radical (unpaired) electrons. The lowest BCUT2D eigenvalue weighted by Gasteiger charge is -2.31. The van der Waals surface area contributed by atoms with Crippen molar-refractivity contribution in [2.75, 3.05) is 13.7 Å². The number of ether oxygens (including phenoxy) is 2. The highest BCUT2D eigenvalue weighted by atomic mass is 19.1. The number of hydrogen-bond acceptors (Lipinski definition) is 8. The molecule has 1 saturated heterocycles. The topological polar surface area (TPSA) is 99.2 Å². The third-order valence-corrected chi connectivity index (χ3v) is 3.58. The third kappa shape index (κ3) is 1.89. The van der Waals surface area contributed by atoms with E-state index in [2.05, 4.69) is 15.0 Å². The van der Waals surface area contributed by atoms with Crippen LogP contribution in [-0.2, 0) is 9.47 Å². The number of methoxy groups -OCH3 is 1. The van der Waals surface area contributed by atoms with Gasteiger partial charge in [0.05, 0.1) is 20.1 Å². The number of aliphatic hydroxyl groups is 2. The van der Waals surface area contributed by atoms with Gasteiger partial charge in [-0.3, -0.25) is 4.99 Å². The molecule has 2 N–H and O–H groups in total. The summed E-state index contributed by atoms with van der Waals surface area (Å²) in [5, 5.41) is 18.7. The highest BCUT2D eigenvalue weighted by Gasteiger charge is 2.51. The van der Waals surface area contributed by atoms with Crippen LogP contribution in [0.3, 0.4) is 0 Å². The summed E-state index contributed by atoms with van der Waals surface area (Å²) in [4.78, 5) is 13.8. The molecular weight excluding hydrogens is 271 g/mol. The maximum Gasteiger partial charge on any atom is 0.218 e. The molecule has 9 heteroatoms. The fourth-order valence-electron chi connectivity index (χ4n) is 2.53. The minimum Gasteiger partial charge on any atom is -0.482 e. The summed E-state index contributed by atoms with van der Waals surface area (Å²) in [6.45, 7) is -0.453. The Hall–Kier alpha value is -1.58. The number of halogens is 1. The van der Waals surface area contributed by atoms with E-state index in [0.717, 1.165) is 0 Å². The Labute approximate surface area is 114 Å². The summed E-state index contributed by atoms with van der Waals surface area (Å²) in [6, 6.07) is -0.453. The molecule has 3 heterocycles. The molecule has 0 aliphatic carbocycles. The van der Waals surface area contributed by atoms with Gasteiger partial charge in [0, 0.05) is 0 Å². The van der Waals surface area contributed by atoms with Gasteiger partial charge in [-0.25, -0.2) is 14.4 Å². The quantitative estimate of drug-likeness (QED) is 0.645. The molecule has 0 spiro atoms. The van der Waals surface area contributed by atoms with Crippen molar-refractivity contribution in [3.05, 3.63) is 0 Å². The molecule has 6 unspecified atom stereocenters. The first-order valence-corrected chi connectivity index (χ1v) is 6.20. The van der Waals surface area contributed by atoms with Crippen LogP contribution < -0.4 is 0 Å². The molecule has 0 aromatic carbocycles. The molecule has 110 valence electrons. The monoisotopic (exact) mass is 286 g/mol. The van der Waals surface area contributed by atoms with Gasteiger partial charge in [0.15, 0.2) is 24.6 Å². The zero-order valence-electron chi connectivity index (χ0n) is 10.7. The van der Waals surface area contributed by atoms with E-state index in [1.807, 2.05) is 0 Å². The summed E-state index contributed by atoms with van der Waals surface area (Å²) in [5.74, 6) is 0.386. The Morgan fingerprint density at radius 2 is 2.30 bits per heavy atom. The van der Waals surface area contributed by atoms with Crippen molar-refractivity contribution in [1.29, 1.82) is 0 Å². The maximum atomic E-state index is 14.1. The van der Waals surface area contributed by atoms with Gasteiger partial charge < -0.3 is 24.6 Å². The first-order valence-electron chi connectivity index (χ1n) is 6.20. The van der Waals surface area contributed by atoms with E-state index in [0.29, 0.717) is 5.90 Å². The maximum absolute atomic E-state index is 14.1. The molecule has 20 heavy (non-hydrogen) atoms. The molecule has 0 aromatic heterocycles. The second-order valence-corrected chi connectivity index (χ2v) is 4.69. The van der Waals surface area contributed by atoms with Crippen LogP contribution in [-0.4, -0.2) is 84.2 Å². The predicted octanol–water partition coefficient (Wildman–Crippen LogP) is -1.47. The van der Waals surface area contributed by atoms with Crippen LogP contribution in [0.5, 0.6) is 0 Å². The Bertz CT molecular complexity index is 471. The Morgan fingerprint density at radius 1 is 1.50 bits per heavy atom. The highest BCUT2D eigenvalue weighted by Crippen LogP contribution is 2.31. The minimum absolute atomic E-state index is 0.386. The van der Waals surface area contributed by atoms with Crippen LogP contribution >= 0.6 is 0 Å². The second kappa shape index (κ2) is 5.08. The molecule has 1 fully saturated rings. The molecule has 0 saturated carbocycles. The Balaban J connectivity index is 1.79. The van der Waals surface area contributed by atoms with Gasteiger partial charge in [0.1, 0.15) is 18.5 Å². The van der Waals surface area contributed by atoms with Crippen molar-refractivity contribution in [3.63, 3.8) is 0 Å². The van der Waals surface area contributed by atoms with Crippen molar-refractivity contribution < 1.29 is 24.1 Å². The van der Waals surface area contributed by atoms with Crippen LogP contribution in [0.25, 0.3) is 0 Å². The van der Waals surface area contributed by atoms with E-state index in [1.54, 1.807) is 0 Å². The normalized spacial score (nSPS) is 42.8. The minimum atomic E-state index is -1.66. The van der Waals surface area contributed by atoms with Crippen LogP contribution in [0.4, 0.5) is 4.39 Å². The smallest absolute Gasteiger partial charge is 0.218 e. The Kier molecular flexibility index (Phi) is 3.40. The summed E-state index contributed by atoms with van der Waals surface area (Å²) in [5.41, 5.74) is 0. The van der Waals surface area contributed by atoms with Gasteiger partial charge in [0.2, 0.25) is 5.90 Å². The zero-order valence-corrected chi connectivity index (χ0v) is 10.7. The third-order valence-electron chi connectivity index (χ3n) is 3.58. The van der Waals surface area contributed by atoms with E-state index in [4.69, 9.17) is 14.6 Å². The lowest BCUT2D eigenvalue weighted by atomic mass is 10.1. The highest BCUT2D eigenvalue weighted by molar-refractivity contribution is 5.93. The number of aliphatic hydroxyl groups excluding tert-OH is 2. The molecular formula is C11H15FN4O4. The molecule has 0 bridgehead atoms. The van der Waals surface area contributed by atoms with Crippen LogP contribution in [0, 0.1) is 0 Å². The summed E-state index contributed by atoms with van der Waals surface area (Å²) >= 11 is 0. The standard InChI is InChI=1S/C11H15FN4O4/c1-19-10-7-9(13-3-14-10)16(4-15-7)11-6(12)8(18)5(2-17)20-11/h3-9,11,17-18H,2H2,1H3. The van der Waals surface area contributed by atoms with Gasteiger partial charge in [-0.1, -0.05) is 0 Å². The molecule has 0 aromatic rings. The summed E-state index contributed by atoms with van der Waals surface area (Å²) < 4.78 is 24.5. The van der Waals surface area contributed by atoms with Crippen LogP contribution in [0.15, 0.2) is 15.0 Å². The lowest BCUT2D eigenvalue weighted by molar-refractivity contribution is -0.0694. The number of alkyl halides is 1. The fourth-order valence-corrected chi connectivity index (χ4v) is 2.53. The molecule has 0 amide bonds. The van der Waals surface area contributed by atoms with Crippen molar-refractivity contribution in [2.45, 2.75) is 36.8 Å². The van der Waals surface area contributed by atoms with Crippen LogP contribution in [0.2, 0.25) is 0 Å². The van der Waals surface area contributed by atoms with E-state index in [-0.39, 0.29) is 0 Å². The number of rotatable bonds is 2. The van der Waals surface area contributed by atoms with Crippen molar-refractivity contribution in [1.82, 2.24) is 4.90 Å².